The molecule has 0 radical (unpaired) electrons. The lowest BCUT2D eigenvalue weighted by molar-refractivity contribution is -0.140. The minimum absolute atomic E-state index is 0.0119. The van der Waals surface area contributed by atoms with E-state index < -0.39 is 17.3 Å². The summed E-state index contributed by atoms with van der Waals surface area (Å²) in [5.74, 6) is -0.985. The van der Waals surface area contributed by atoms with Gasteiger partial charge in [-0.25, -0.2) is 9.97 Å². The molecule has 0 aliphatic heterocycles. The van der Waals surface area contributed by atoms with Crippen LogP contribution in [0.4, 0.5) is 0 Å². The number of carbonyl (C=O) groups is 2. The number of rotatable bonds is 4. The van der Waals surface area contributed by atoms with Crippen LogP contribution in [0.3, 0.4) is 0 Å². The average molecular weight is 244 g/mol. The van der Waals surface area contributed by atoms with E-state index in [-0.39, 0.29) is 6.54 Å². The van der Waals surface area contributed by atoms with Crippen molar-refractivity contribution >= 4 is 23.5 Å². The minimum atomic E-state index is -0.904. The molecule has 1 rings (SSSR count). The maximum Gasteiger partial charge on any atom is 0.325 e. The summed E-state index contributed by atoms with van der Waals surface area (Å²) < 4.78 is 4.40. The van der Waals surface area contributed by atoms with Crippen LogP contribution in [0.1, 0.15) is 10.4 Å². The maximum absolute atomic E-state index is 11.5. The van der Waals surface area contributed by atoms with E-state index >= 15 is 0 Å². The van der Waals surface area contributed by atoms with Crippen LogP contribution in [0.2, 0.25) is 0 Å². The van der Waals surface area contributed by atoms with E-state index in [1.807, 2.05) is 0 Å². The topological polar surface area (TPSA) is 81.2 Å². The Bertz CT molecular complexity index is 372. The van der Waals surface area contributed by atoms with E-state index in [2.05, 4.69) is 20.0 Å². The number of alkyl halides is 1. The van der Waals surface area contributed by atoms with Gasteiger partial charge in [0.1, 0.15) is 11.7 Å². The van der Waals surface area contributed by atoms with Gasteiger partial charge in [0.25, 0.3) is 5.91 Å². The molecule has 7 heteroatoms. The summed E-state index contributed by atoms with van der Waals surface area (Å²) in [5, 5.41) is 1.56. The molecule has 6 nitrogen and oxygen atoms in total. The Morgan fingerprint density at radius 1 is 1.50 bits per heavy atom. The normalized spacial score (nSPS) is 11.6. The van der Waals surface area contributed by atoms with Crippen molar-refractivity contribution in [1.82, 2.24) is 15.3 Å². The predicted octanol–water partition coefficient (Wildman–Crippen LogP) is -0.0132. The number of amides is 1. The molecule has 1 N–H and O–H groups in total. The Balaban J connectivity index is 2.45. The Labute approximate surface area is 97.0 Å². The molecule has 1 aromatic rings. The van der Waals surface area contributed by atoms with Gasteiger partial charge in [-0.1, -0.05) is 0 Å². The molecular weight excluding hydrogens is 234 g/mol. The zero-order chi connectivity index (χ0) is 12.0. The smallest absolute Gasteiger partial charge is 0.325 e. The van der Waals surface area contributed by atoms with Crippen LogP contribution in [-0.4, -0.2) is 40.9 Å². The van der Waals surface area contributed by atoms with Gasteiger partial charge in [0.15, 0.2) is 0 Å². The summed E-state index contributed by atoms with van der Waals surface area (Å²) in [4.78, 5) is 29.8. The molecule has 0 saturated heterocycles. The van der Waals surface area contributed by atoms with Crippen molar-refractivity contribution in [2.45, 2.75) is 5.38 Å². The highest BCUT2D eigenvalue weighted by atomic mass is 35.5. The molecule has 1 aromatic heterocycles. The number of halogens is 1. The van der Waals surface area contributed by atoms with Crippen molar-refractivity contribution in [3.8, 4) is 0 Å². The summed E-state index contributed by atoms with van der Waals surface area (Å²) in [6.45, 7) is -0.0119. The Morgan fingerprint density at radius 3 is 2.69 bits per heavy atom. The molecule has 0 aliphatic rings. The van der Waals surface area contributed by atoms with Crippen molar-refractivity contribution in [3.63, 3.8) is 0 Å². The molecule has 1 heterocycles. The highest BCUT2D eigenvalue weighted by Gasteiger charge is 2.17. The number of aromatic nitrogens is 2. The van der Waals surface area contributed by atoms with E-state index in [9.17, 15) is 9.59 Å². The Hall–Kier alpha value is -1.69. The van der Waals surface area contributed by atoms with Gasteiger partial charge in [-0.05, 0) is 0 Å². The SMILES string of the molecule is COC(=O)C(Cl)CNC(=O)c1cncnc1. The van der Waals surface area contributed by atoms with Gasteiger partial charge >= 0.3 is 5.97 Å². The summed E-state index contributed by atoms with van der Waals surface area (Å²) in [6, 6.07) is 0. The van der Waals surface area contributed by atoms with Gasteiger partial charge in [-0.15, -0.1) is 11.6 Å². The molecule has 1 unspecified atom stereocenters. The van der Waals surface area contributed by atoms with Crippen LogP contribution >= 0.6 is 11.6 Å². The number of hydrogen-bond acceptors (Lipinski definition) is 5. The molecule has 0 saturated carbocycles. The number of methoxy groups -OCH3 is 1. The lowest BCUT2D eigenvalue weighted by atomic mass is 10.3. The molecule has 0 spiro atoms. The van der Waals surface area contributed by atoms with E-state index in [1.54, 1.807) is 0 Å². The molecule has 16 heavy (non-hydrogen) atoms. The third-order valence-electron chi connectivity index (χ3n) is 1.72. The van der Waals surface area contributed by atoms with Crippen LogP contribution in [-0.2, 0) is 9.53 Å². The number of carbonyl (C=O) groups excluding carboxylic acids is 2. The second kappa shape index (κ2) is 6.02. The molecular formula is C9H10ClN3O3. The number of ether oxygens (including phenoxy) is 1. The van der Waals surface area contributed by atoms with Crippen LogP contribution in [0.25, 0.3) is 0 Å². The minimum Gasteiger partial charge on any atom is -0.468 e. The molecule has 1 amide bonds. The lowest BCUT2D eigenvalue weighted by Gasteiger charge is -2.08. The summed E-state index contributed by atoms with van der Waals surface area (Å²) in [5.41, 5.74) is 0.302. The number of esters is 1. The molecule has 86 valence electrons. The number of hydrogen-bond donors (Lipinski definition) is 1. The number of nitrogens with zero attached hydrogens (tertiary/aromatic N) is 2. The molecule has 1 atom stereocenters. The zero-order valence-electron chi connectivity index (χ0n) is 8.51. The third kappa shape index (κ3) is 3.47. The third-order valence-corrected chi connectivity index (χ3v) is 2.05. The second-order valence-corrected chi connectivity index (χ2v) is 3.35. The van der Waals surface area contributed by atoms with Crippen LogP contribution in [0.15, 0.2) is 18.7 Å². The monoisotopic (exact) mass is 243 g/mol. The highest BCUT2D eigenvalue weighted by Crippen LogP contribution is 1.98. The first kappa shape index (κ1) is 12.4. The quantitative estimate of drug-likeness (QED) is 0.594. The fourth-order valence-electron chi connectivity index (χ4n) is 0.912. The van der Waals surface area contributed by atoms with E-state index in [0.29, 0.717) is 5.56 Å². The first-order valence-corrected chi connectivity index (χ1v) is 4.84. The van der Waals surface area contributed by atoms with Crippen molar-refractivity contribution < 1.29 is 14.3 Å². The standard InChI is InChI=1S/C9H10ClN3O3/c1-16-9(15)7(10)4-13-8(14)6-2-11-5-12-3-6/h2-3,5,7H,4H2,1H3,(H,13,14). The van der Waals surface area contributed by atoms with Crippen molar-refractivity contribution in [1.29, 1.82) is 0 Å². The van der Waals surface area contributed by atoms with Crippen LogP contribution in [0.5, 0.6) is 0 Å². The lowest BCUT2D eigenvalue weighted by Crippen LogP contribution is -2.34. The van der Waals surface area contributed by atoms with Crippen molar-refractivity contribution in [3.05, 3.63) is 24.3 Å². The Morgan fingerprint density at radius 2 is 2.12 bits per heavy atom. The second-order valence-electron chi connectivity index (χ2n) is 2.83. The fourth-order valence-corrected chi connectivity index (χ4v) is 1.08. The molecule has 0 aliphatic carbocycles. The van der Waals surface area contributed by atoms with Gasteiger partial charge in [0, 0.05) is 18.9 Å². The zero-order valence-corrected chi connectivity index (χ0v) is 9.27. The largest absolute Gasteiger partial charge is 0.468 e. The van der Waals surface area contributed by atoms with Gasteiger partial charge in [0.05, 0.1) is 12.7 Å². The molecule has 0 bridgehead atoms. The average Bonchev–Trinajstić information content (AvgIpc) is 2.35. The van der Waals surface area contributed by atoms with Crippen LogP contribution < -0.4 is 5.32 Å². The fraction of sp³-hybridized carbons (Fsp3) is 0.333. The highest BCUT2D eigenvalue weighted by molar-refractivity contribution is 6.30. The predicted molar refractivity (Wildman–Crippen MR) is 56.0 cm³/mol. The van der Waals surface area contributed by atoms with E-state index in [4.69, 9.17) is 11.6 Å². The summed E-state index contributed by atoms with van der Waals surface area (Å²) >= 11 is 5.64. The van der Waals surface area contributed by atoms with Crippen molar-refractivity contribution in [2.75, 3.05) is 13.7 Å². The first-order chi connectivity index (χ1) is 7.65. The van der Waals surface area contributed by atoms with Gasteiger partial charge in [0.2, 0.25) is 0 Å². The summed E-state index contributed by atoms with van der Waals surface area (Å²) in [7, 11) is 1.23. The molecule has 0 fully saturated rings. The first-order valence-electron chi connectivity index (χ1n) is 4.40. The van der Waals surface area contributed by atoms with Gasteiger partial charge in [-0.3, -0.25) is 9.59 Å². The van der Waals surface area contributed by atoms with Crippen molar-refractivity contribution in [2.24, 2.45) is 0 Å². The Kier molecular flexibility index (Phi) is 4.65. The van der Waals surface area contributed by atoms with E-state index in [0.717, 1.165) is 0 Å². The van der Waals surface area contributed by atoms with Crippen LogP contribution in [0, 0.1) is 0 Å². The number of nitrogens with one attached hydrogen (secondary N) is 1. The van der Waals surface area contributed by atoms with Gasteiger partial charge < -0.3 is 10.1 Å². The van der Waals surface area contributed by atoms with Gasteiger partial charge in [-0.2, -0.15) is 0 Å². The summed E-state index contributed by atoms with van der Waals surface area (Å²) in [6.07, 6.45) is 4.04. The van der Waals surface area contributed by atoms with E-state index in [1.165, 1.54) is 25.8 Å². The maximum atomic E-state index is 11.5. The molecule has 0 aromatic carbocycles.